The normalized spacial score (nSPS) is 35.4. The molecule has 1 aromatic rings. The fourth-order valence-electron chi connectivity index (χ4n) is 4.11. The number of aromatic nitrogens is 4. The molecule has 0 aromatic carbocycles. The van der Waals surface area contributed by atoms with Crippen LogP contribution >= 0.6 is 0 Å². The van der Waals surface area contributed by atoms with Gasteiger partial charge >= 0.3 is 0 Å². The molecule has 3 aliphatic rings. The molecule has 0 aliphatic heterocycles. The fourth-order valence-corrected chi connectivity index (χ4v) is 4.11. The molecule has 4 atom stereocenters. The summed E-state index contributed by atoms with van der Waals surface area (Å²) in [6, 6.07) is -0.0498. The van der Waals surface area contributed by atoms with Crippen molar-refractivity contribution in [3.05, 3.63) is 5.82 Å². The van der Waals surface area contributed by atoms with E-state index < -0.39 is 0 Å². The molecule has 0 radical (unpaired) electrons. The van der Waals surface area contributed by atoms with E-state index in [-0.39, 0.29) is 17.9 Å². The number of carbonyl (C=O) groups excluding carboxylic acids is 1. The minimum absolute atomic E-state index is 0.0498. The van der Waals surface area contributed by atoms with Crippen molar-refractivity contribution in [2.45, 2.75) is 45.6 Å². The van der Waals surface area contributed by atoms with Gasteiger partial charge in [0.15, 0.2) is 5.82 Å². The van der Waals surface area contributed by atoms with Crippen LogP contribution in [-0.2, 0) is 4.79 Å². The predicted molar refractivity (Wildman–Crippen MR) is 71.3 cm³/mol. The molecule has 1 aromatic heterocycles. The lowest BCUT2D eigenvalue weighted by molar-refractivity contribution is -0.126. The number of amides is 1. The molecular formula is C14H21N5O. The summed E-state index contributed by atoms with van der Waals surface area (Å²) in [5.74, 6) is 3.00. The summed E-state index contributed by atoms with van der Waals surface area (Å²) in [5, 5.41) is 17.3. The third kappa shape index (κ3) is 1.84. The first-order chi connectivity index (χ1) is 9.57. The Balaban J connectivity index is 1.40. The molecule has 0 bridgehead atoms. The lowest BCUT2D eigenvalue weighted by Crippen LogP contribution is -2.35. The second-order valence-electron chi connectivity index (χ2n) is 7.30. The Morgan fingerprint density at radius 3 is 2.60 bits per heavy atom. The molecule has 3 aliphatic carbocycles. The number of nitrogens with zero attached hydrogens (tertiary/aromatic N) is 3. The third-order valence-corrected chi connectivity index (χ3v) is 5.77. The van der Waals surface area contributed by atoms with Crippen LogP contribution in [0.25, 0.3) is 0 Å². The largest absolute Gasteiger partial charge is 0.345 e. The van der Waals surface area contributed by atoms with E-state index in [1.165, 1.54) is 0 Å². The molecular weight excluding hydrogens is 254 g/mol. The molecule has 4 rings (SSSR count). The van der Waals surface area contributed by atoms with Crippen molar-refractivity contribution in [2.24, 2.45) is 29.1 Å². The first kappa shape index (κ1) is 12.3. The van der Waals surface area contributed by atoms with E-state index in [1.807, 2.05) is 0 Å². The summed E-state index contributed by atoms with van der Waals surface area (Å²) in [7, 11) is 0. The summed E-state index contributed by atoms with van der Waals surface area (Å²) in [5.41, 5.74) is 0.473. The van der Waals surface area contributed by atoms with Crippen LogP contribution in [0.2, 0.25) is 0 Å². The highest BCUT2D eigenvalue weighted by molar-refractivity contribution is 5.79. The molecule has 6 nitrogen and oxygen atoms in total. The SMILES string of the molecule is CC1(C)[C@@H]2CC(C(=O)NC(c3nn[nH]n3)C3CC3)C[C@@H]21. The number of rotatable bonds is 4. The van der Waals surface area contributed by atoms with Crippen molar-refractivity contribution < 1.29 is 4.79 Å². The standard InChI is InChI=1S/C14H21N5O/c1-14(2)9-5-8(6-10(9)14)13(20)15-11(7-3-4-7)12-16-18-19-17-12/h7-11H,3-6H2,1-2H3,(H,15,20)(H,16,17,18,19)/t8?,9-,10+,11?. The zero-order chi connectivity index (χ0) is 13.9. The van der Waals surface area contributed by atoms with Crippen LogP contribution in [0.3, 0.4) is 0 Å². The van der Waals surface area contributed by atoms with Gasteiger partial charge in [0.25, 0.3) is 0 Å². The van der Waals surface area contributed by atoms with Crippen LogP contribution in [0.5, 0.6) is 0 Å². The Hall–Kier alpha value is -1.46. The van der Waals surface area contributed by atoms with Crippen molar-refractivity contribution in [3.63, 3.8) is 0 Å². The summed E-state index contributed by atoms with van der Waals surface area (Å²) >= 11 is 0. The Morgan fingerprint density at radius 1 is 1.35 bits per heavy atom. The van der Waals surface area contributed by atoms with Crippen molar-refractivity contribution in [1.82, 2.24) is 25.9 Å². The van der Waals surface area contributed by atoms with Crippen LogP contribution in [0.15, 0.2) is 0 Å². The average Bonchev–Trinajstić information content (AvgIpc) is 3.13. The number of tetrazole rings is 1. The summed E-state index contributed by atoms with van der Waals surface area (Å²) < 4.78 is 0. The van der Waals surface area contributed by atoms with Gasteiger partial charge in [-0.1, -0.05) is 19.1 Å². The van der Waals surface area contributed by atoms with Crippen molar-refractivity contribution >= 4 is 5.91 Å². The monoisotopic (exact) mass is 275 g/mol. The molecule has 3 saturated carbocycles. The Bertz CT molecular complexity index is 508. The van der Waals surface area contributed by atoms with Gasteiger partial charge in [0.1, 0.15) is 0 Å². The first-order valence-corrected chi connectivity index (χ1v) is 7.61. The van der Waals surface area contributed by atoms with Gasteiger partial charge in [0.05, 0.1) is 6.04 Å². The highest BCUT2D eigenvalue weighted by atomic mass is 16.2. The highest BCUT2D eigenvalue weighted by Gasteiger charge is 2.63. The van der Waals surface area contributed by atoms with Gasteiger partial charge in [-0.2, -0.15) is 5.21 Å². The fraction of sp³-hybridized carbons (Fsp3) is 0.857. The molecule has 1 heterocycles. The maximum absolute atomic E-state index is 12.5. The van der Waals surface area contributed by atoms with E-state index in [1.54, 1.807) is 0 Å². The van der Waals surface area contributed by atoms with Crippen molar-refractivity contribution in [3.8, 4) is 0 Å². The summed E-state index contributed by atoms with van der Waals surface area (Å²) in [6.45, 7) is 4.64. The quantitative estimate of drug-likeness (QED) is 0.871. The predicted octanol–water partition coefficient (Wildman–Crippen LogP) is 1.45. The minimum atomic E-state index is -0.0498. The molecule has 6 heteroatoms. The number of hydrogen-bond donors (Lipinski definition) is 2. The Morgan fingerprint density at radius 2 is 2.05 bits per heavy atom. The molecule has 108 valence electrons. The highest BCUT2D eigenvalue weighted by Crippen LogP contribution is 2.68. The van der Waals surface area contributed by atoms with Crippen LogP contribution in [0, 0.1) is 29.1 Å². The number of hydrogen-bond acceptors (Lipinski definition) is 4. The average molecular weight is 275 g/mol. The smallest absolute Gasteiger partial charge is 0.223 e. The van der Waals surface area contributed by atoms with Gasteiger partial charge in [-0.3, -0.25) is 4.79 Å². The van der Waals surface area contributed by atoms with E-state index in [2.05, 4.69) is 39.8 Å². The van der Waals surface area contributed by atoms with Gasteiger partial charge in [-0.05, 0) is 48.9 Å². The maximum atomic E-state index is 12.5. The zero-order valence-corrected chi connectivity index (χ0v) is 12.0. The molecule has 2 N–H and O–H groups in total. The molecule has 2 unspecified atom stereocenters. The molecule has 20 heavy (non-hydrogen) atoms. The molecule has 0 saturated heterocycles. The van der Waals surface area contributed by atoms with E-state index in [0.29, 0.717) is 17.2 Å². The molecule has 1 amide bonds. The second-order valence-corrected chi connectivity index (χ2v) is 7.30. The van der Waals surface area contributed by atoms with Gasteiger partial charge < -0.3 is 5.32 Å². The van der Waals surface area contributed by atoms with E-state index in [0.717, 1.165) is 37.5 Å². The molecule has 3 fully saturated rings. The lowest BCUT2D eigenvalue weighted by atomic mass is 9.92. The van der Waals surface area contributed by atoms with Crippen molar-refractivity contribution in [2.75, 3.05) is 0 Å². The summed E-state index contributed by atoms with van der Waals surface area (Å²) in [4.78, 5) is 12.5. The first-order valence-electron chi connectivity index (χ1n) is 7.61. The van der Waals surface area contributed by atoms with E-state index in [9.17, 15) is 4.79 Å². The number of nitrogens with one attached hydrogen (secondary N) is 2. The topological polar surface area (TPSA) is 83.6 Å². The van der Waals surface area contributed by atoms with Crippen LogP contribution in [0.4, 0.5) is 0 Å². The Kier molecular flexibility index (Phi) is 2.47. The van der Waals surface area contributed by atoms with Gasteiger partial charge in [0.2, 0.25) is 5.91 Å². The van der Waals surface area contributed by atoms with Crippen LogP contribution in [0.1, 0.15) is 51.4 Å². The number of carbonyl (C=O) groups is 1. The summed E-state index contributed by atoms with van der Waals surface area (Å²) in [6.07, 6.45) is 4.38. The minimum Gasteiger partial charge on any atom is -0.345 e. The number of H-pyrrole nitrogens is 1. The number of fused-ring (bicyclic) bond motifs is 1. The number of aromatic amines is 1. The second kappa shape index (κ2) is 4.02. The maximum Gasteiger partial charge on any atom is 0.223 e. The van der Waals surface area contributed by atoms with E-state index >= 15 is 0 Å². The lowest BCUT2D eigenvalue weighted by Gasteiger charge is -2.20. The van der Waals surface area contributed by atoms with Gasteiger partial charge in [-0.25, -0.2) is 0 Å². The van der Waals surface area contributed by atoms with Crippen LogP contribution < -0.4 is 5.32 Å². The molecule has 0 spiro atoms. The van der Waals surface area contributed by atoms with Gasteiger partial charge in [-0.15, -0.1) is 10.2 Å². The third-order valence-electron chi connectivity index (χ3n) is 5.77. The van der Waals surface area contributed by atoms with Crippen LogP contribution in [-0.4, -0.2) is 26.5 Å². The van der Waals surface area contributed by atoms with E-state index in [4.69, 9.17) is 0 Å². The van der Waals surface area contributed by atoms with Crippen molar-refractivity contribution in [1.29, 1.82) is 0 Å². The van der Waals surface area contributed by atoms with Gasteiger partial charge in [0, 0.05) is 5.92 Å². The zero-order valence-electron chi connectivity index (χ0n) is 12.0. The Labute approximate surface area is 118 Å².